The van der Waals surface area contributed by atoms with Crippen LogP contribution in [0.2, 0.25) is 0 Å². The van der Waals surface area contributed by atoms with Crippen LogP contribution in [0, 0.1) is 11.3 Å². The van der Waals surface area contributed by atoms with E-state index < -0.39 is 5.97 Å². The van der Waals surface area contributed by atoms with Gasteiger partial charge in [-0.05, 0) is 49.5 Å². The predicted octanol–water partition coefficient (Wildman–Crippen LogP) is 2.00. The van der Waals surface area contributed by atoms with Gasteiger partial charge in [-0.15, -0.1) is 11.3 Å². The molecule has 0 bridgehead atoms. The summed E-state index contributed by atoms with van der Waals surface area (Å²) < 4.78 is 0. The molecular formula is C15H18N2O3S. The number of aryl methyl sites for hydroxylation is 1. The van der Waals surface area contributed by atoms with Gasteiger partial charge in [-0.25, -0.2) is 4.79 Å². The summed E-state index contributed by atoms with van der Waals surface area (Å²) in [7, 11) is 0. The average Bonchev–Trinajstić information content (AvgIpc) is 3.31. The van der Waals surface area contributed by atoms with Crippen molar-refractivity contribution in [3.05, 3.63) is 16.0 Å². The van der Waals surface area contributed by atoms with E-state index in [0.717, 1.165) is 42.5 Å². The highest BCUT2D eigenvalue weighted by Crippen LogP contribution is 2.70. The molecule has 1 unspecified atom stereocenters. The van der Waals surface area contributed by atoms with Crippen LogP contribution in [0.25, 0.3) is 0 Å². The number of carbonyl (C=O) groups excluding carboxylic acids is 1. The molecule has 6 heteroatoms. The van der Waals surface area contributed by atoms with Crippen LogP contribution in [0.1, 0.15) is 46.5 Å². The Bertz CT molecular complexity index is 648. The van der Waals surface area contributed by atoms with Crippen LogP contribution in [0.4, 0.5) is 5.00 Å². The van der Waals surface area contributed by atoms with Crippen molar-refractivity contribution in [2.24, 2.45) is 17.1 Å². The first-order chi connectivity index (χ1) is 10.00. The number of anilines is 1. The largest absolute Gasteiger partial charge is 0.478 e. The third-order valence-corrected chi connectivity index (χ3v) is 6.36. The van der Waals surface area contributed by atoms with E-state index in [-0.39, 0.29) is 28.8 Å². The lowest BCUT2D eigenvalue weighted by Crippen LogP contribution is -2.28. The summed E-state index contributed by atoms with van der Waals surface area (Å²) in [6, 6.07) is 0.0203. The van der Waals surface area contributed by atoms with Gasteiger partial charge in [0.05, 0.1) is 5.56 Å². The minimum atomic E-state index is -0.964. The van der Waals surface area contributed by atoms with Gasteiger partial charge in [-0.2, -0.15) is 0 Å². The maximum atomic E-state index is 12.3. The molecule has 1 aromatic heterocycles. The number of hydrogen-bond acceptors (Lipinski definition) is 4. The molecule has 21 heavy (non-hydrogen) atoms. The Morgan fingerprint density at radius 2 is 2.14 bits per heavy atom. The van der Waals surface area contributed by atoms with Gasteiger partial charge in [-0.3, -0.25) is 4.79 Å². The van der Waals surface area contributed by atoms with Crippen molar-refractivity contribution in [2.45, 2.75) is 44.6 Å². The molecule has 0 saturated heterocycles. The Kier molecular flexibility index (Phi) is 2.72. The lowest BCUT2D eigenvalue weighted by Gasteiger charge is -2.18. The Hall–Kier alpha value is -1.40. The molecule has 112 valence electrons. The third-order valence-electron chi connectivity index (χ3n) is 5.15. The summed E-state index contributed by atoms with van der Waals surface area (Å²) in [6.45, 7) is 0. The van der Waals surface area contributed by atoms with Crippen molar-refractivity contribution in [1.82, 2.24) is 0 Å². The number of aromatic carboxylic acids is 1. The number of thiophene rings is 1. The second kappa shape index (κ2) is 4.30. The van der Waals surface area contributed by atoms with Gasteiger partial charge in [0.25, 0.3) is 0 Å². The molecule has 1 aromatic rings. The van der Waals surface area contributed by atoms with Crippen molar-refractivity contribution in [2.75, 3.05) is 5.32 Å². The van der Waals surface area contributed by atoms with Gasteiger partial charge < -0.3 is 16.2 Å². The van der Waals surface area contributed by atoms with Crippen LogP contribution < -0.4 is 11.1 Å². The van der Waals surface area contributed by atoms with Crippen LogP contribution in [0.3, 0.4) is 0 Å². The zero-order valence-corrected chi connectivity index (χ0v) is 12.5. The van der Waals surface area contributed by atoms with Crippen LogP contribution in [-0.2, 0) is 17.6 Å². The number of carboxylic acids is 1. The molecule has 2 atom stereocenters. The van der Waals surface area contributed by atoms with E-state index in [1.165, 1.54) is 11.3 Å². The first-order valence-corrected chi connectivity index (χ1v) is 8.26. The lowest BCUT2D eigenvalue weighted by molar-refractivity contribution is -0.117. The minimum absolute atomic E-state index is 0.00195. The fourth-order valence-corrected chi connectivity index (χ4v) is 4.79. The van der Waals surface area contributed by atoms with Crippen LogP contribution >= 0.6 is 11.3 Å². The number of rotatable bonds is 3. The number of carbonyl (C=O) groups is 2. The first-order valence-electron chi connectivity index (χ1n) is 7.44. The molecule has 1 amide bonds. The molecule has 1 spiro atoms. The molecule has 0 aromatic carbocycles. The molecule has 1 heterocycles. The number of amides is 1. The lowest BCUT2D eigenvalue weighted by atomic mass is 9.92. The van der Waals surface area contributed by atoms with E-state index in [9.17, 15) is 14.7 Å². The molecule has 0 aliphatic heterocycles. The standard InChI is InChI=1S/C15H18N2O3S/c16-7-1-2-10-8(5-7)11(14(19)20)13(21-10)17-12(18)9-6-15(9)3-4-15/h7,9H,1-6,16H2,(H,17,18)(H,19,20)/t7-,9?/m0/s1. The van der Waals surface area contributed by atoms with Gasteiger partial charge in [0.1, 0.15) is 5.00 Å². The normalized spacial score (nSPS) is 28.0. The maximum absolute atomic E-state index is 12.3. The monoisotopic (exact) mass is 306 g/mol. The Morgan fingerprint density at radius 3 is 2.76 bits per heavy atom. The van der Waals surface area contributed by atoms with E-state index in [4.69, 9.17) is 5.73 Å². The van der Waals surface area contributed by atoms with Crippen molar-refractivity contribution in [3.8, 4) is 0 Å². The summed E-state index contributed by atoms with van der Waals surface area (Å²) in [5.41, 5.74) is 7.34. The summed E-state index contributed by atoms with van der Waals surface area (Å²) >= 11 is 1.42. The molecule has 3 aliphatic rings. The summed E-state index contributed by atoms with van der Waals surface area (Å²) in [5.74, 6) is -0.868. The minimum Gasteiger partial charge on any atom is -0.478 e. The highest BCUT2D eigenvalue weighted by molar-refractivity contribution is 7.17. The van der Waals surface area contributed by atoms with Crippen molar-refractivity contribution >= 4 is 28.2 Å². The van der Waals surface area contributed by atoms with Crippen molar-refractivity contribution < 1.29 is 14.7 Å². The fourth-order valence-electron chi connectivity index (χ4n) is 3.56. The van der Waals surface area contributed by atoms with Gasteiger partial charge >= 0.3 is 5.97 Å². The molecular weight excluding hydrogens is 288 g/mol. The highest BCUT2D eigenvalue weighted by Gasteiger charge is 2.65. The highest BCUT2D eigenvalue weighted by atomic mass is 32.1. The van der Waals surface area contributed by atoms with E-state index in [0.29, 0.717) is 11.4 Å². The number of hydrogen-bond donors (Lipinski definition) is 3. The van der Waals surface area contributed by atoms with Crippen molar-refractivity contribution in [3.63, 3.8) is 0 Å². The predicted molar refractivity (Wildman–Crippen MR) is 79.7 cm³/mol. The number of nitrogens with two attached hydrogens (primary N) is 1. The Labute approximate surface area is 126 Å². The molecule has 2 fully saturated rings. The number of nitrogens with one attached hydrogen (secondary N) is 1. The maximum Gasteiger partial charge on any atom is 0.339 e. The van der Waals surface area contributed by atoms with E-state index in [1.54, 1.807) is 0 Å². The first kappa shape index (κ1) is 13.3. The quantitative estimate of drug-likeness (QED) is 0.796. The zero-order chi connectivity index (χ0) is 14.8. The summed E-state index contributed by atoms with van der Waals surface area (Å²) in [5, 5.41) is 12.9. The van der Waals surface area contributed by atoms with Gasteiger partial charge in [0, 0.05) is 16.8 Å². The van der Waals surface area contributed by atoms with Crippen LogP contribution in [0.5, 0.6) is 0 Å². The SMILES string of the molecule is N[C@H]1CCc2sc(NC(=O)C3CC34CC4)c(C(=O)O)c2C1. The van der Waals surface area contributed by atoms with E-state index in [2.05, 4.69) is 5.32 Å². The molecule has 4 N–H and O–H groups in total. The molecule has 0 radical (unpaired) electrons. The third kappa shape index (κ3) is 2.08. The summed E-state index contributed by atoms with van der Waals surface area (Å²) in [4.78, 5) is 24.9. The van der Waals surface area contributed by atoms with E-state index >= 15 is 0 Å². The van der Waals surface area contributed by atoms with Crippen LogP contribution in [0.15, 0.2) is 0 Å². The fraction of sp³-hybridized carbons (Fsp3) is 0.600. The number of carboxylic acid groups (broad SMARTS) is 1. The van der Waals surface area contributed by atoms with Gasteiger partial charge in [0.2, 0.25) is 5.91 Å². The Balaban J connectivity index is 1.62. The van der Waals surface area contributed by atoms with Gasteiger partial charge in [-0.1, -0.05) is 0 Å². The average molecular weight is 306 g/mol. The van der Waals surface area contributed by atoms with Crippen LogP contribution in [-0.4, -0.2) is 23.0 Å². The van der Waals surface area contributed by atoms with E-state index in [1.807, 2.05) is 0 Å². The topological polar surface area (TPSA) is 92.4 Å². The molecule has 3 aliphatic carbocycles. The molecule has 2 saturated carbocycles. The zero-order valence-electron chi connectivity index (χ0n) is 11.6. The second-order valence-corrected chi connectivity index (χ2v) is 7.73. The summed E-state index contributed by atoms with van der Waals surface area (Å²) in [6.07, 6.45) is 5.55. The number of fused-ring (bicyclic) bond motifs is 1. The molecule has 4 rings (SSSR count). The molecule has 5 nitrogen and oxygen atoms in total. The Morgan fingerprint density at radius 1 is 1.38 bits per heavy atom. The van der Waals surface area contributed by atoms with Gasteiger partial charge in [0.15, 0.2) is 0 Å². The second-order valence-electron chi connectivity index (χ2n) is 6.62. The smallest absolute Gasteiger partial charge is 0.339 e. The van der Waals surface area contributed by atoms with Crippen molar-refractivity contribution in [1.29, 1.82) is 0 Å².